The lowest BCUT2D eigenvalue weighted by molar-refractivity contribution is 1.06. The lowest BCUT2D eigenvalue weighted by atomic mass is 10.7. The van der Waals surface area contributed by atoms with Crippen LogP contribution >= 0.6 is 11.5 Å². The molecule has 2 nitrogen and oxygen atoms in total. The van der Waals surface area contributed by atoms with E-state index in [0.29, 0.717) is 0 Å². The van der Waals surface area contributed by atoms with Crippen LogP contribution in [0.5, 0.6) is 0 Å². The predicted octanol–water partition coefficient (Wildman–Crippen LogP) is 1.01. The molecule has 1 aromatic rings. The van der Waals surface area contributed by atoms with Gasteiger partial charge in [-0.1, -0.05) is 0 Å². The van der Waals surface area contributed by atoms with E-state index in [1.165, 1.54) is 11.5 Å². The molecule has 0 aliphatic rings. The molecule has 0 saturated carbocycles. The molecule has 1 heterocycles. The fraction of sp³-hybridized carbons (Fsp3) is 0.250. The third-order valence-electron chi connectivity index (χ3n) is 0.653. The minimum Gasteiger partial charge on any atom is -0.269 e. The highest BCUT2D eigenvalue weighted by Crippen LogP contribution is 2.02. The Morgan fingerprint density at radius 3 is 3.00 bits per heavy atom. The maximum Gasteiger partial charge on any atom is 0.160 e. The summed E-state index contributed by atoms with van der Waals surface area (Å²) < 4.78 is 3.91. The molecule has 1 radical (unpaired) electrons. The summed E-state index contributed by atoms with van der Waals surface area (Å²) in [7, 11) is 1.73. The van der Waals surface area contributed by atoms with Crippen molar-refractivity contribution in [2.24, 2.45) is 0 Å². The first-order chi connectivity index (χ1) is 3.43. The number of aromatic nitrogens is 1. The van der Waals surface area contributed by atoms with Crippen LogP contribution in [0.3, 0.4) is 0 Å². The quantitative estimate of drug-likeness (QED) is 0.534. The third kappa shape index (κ3) is 0.899. The van der Waals surface area contributed by atoms with Crippen molar-refractivity contribution in [3.05, 3.63) is 11.4 Å². The molecule has 7 heavy (non-hydrogen) atoms. The van der Waals surface area contributed by atoms with Crippen LogP contribution in [0.15, 0.2) is 11.4 Å². The van der Waals surface area contributed by atoms with Crippen LogP contribution in [0.1, 0.15) is 0 Å². The summed E-state index contributed by atoms with van der Waals surface area (Å²) in [6.07, 6.45) is 0. The summed E-state index contributed by atoms with van der Waals surface area (Å²) in [5.74, 6) is 0.824. The number of hydrogen-bond acceptors (Lipinski definition) is 2. The first-order valence-electron chi connectivity index (χ1n) is 1.93. The number of hydrogen-bond donors (Lipinski definition) is 0. The van der Waals surface area contributed by atoms with E-state index in [0.717, 1.165) is 5.82 Å². The molecule has 0 fully saturated rings. The molecular weight excluding hydrogens is 108 g/mol. The zero-order chi connectivity index (χ0) is 5.11. The molecule has 0 amide bonds. The standard InChI is InChI=1S/C4H5N2S/c1-5-4-2-3-7-6-4/h2-3H,1H3. The molecule has 0 aliphatic heterocycles. The normalized spacial score (nSPS) is 8.71. The molecule has 0 spiro atoms. The molecule has 0 atom stereocenters. The highest BCUT2D eigenvalue weighted by atomic mass is 32.1. The van der Waals surface area contributed by atoms with E-state index >= 15 is 0 Å². The molecule has 3 heteroatoms. The van der Waals surface area contributed by atoms with Gasteiger partial charge < -0.3 is 0 Å². The van der Waals surface area contributed by atoms with Gasteiger partial charge in [-0.05, 0) is 17.6 Å². The molecular formula is C4H5N2S. The Morgan fingerprint density at radius 2 is 2.71 bits per heavy atom. The van der Waals surface area contributed by atoms with Gasteiger partial charge in [0.1, 0.15) is 0 Å². The smallest absolute Gasteiger partial charge is 0.160 e. The van der Waals surface area contributed by atoms with Gasteiger partial charge in [0.15, 0.2) is 5.82 Å². The summed E-state index contributed by atoms with van der Waals surface area (Å²) in [4.78, 5) is 0. The number of nitrogens with zero attached hydrogens (tertiary/aromatic N) is 2. The minimum atomic E-state index is 0.824. The zero-order valence-corrected chi connectivity index (χ0v) is 4.77. The highest BCUT2D eigenvalue weighted by molar-refractivity contribution is 7.03. The third-order valence-corrected chi connectivity index (χ3v) is 1.20. The summed E-state index contributed by atoms with van der Waals surface area (Å²) in [6, 6.07) is 1.88. The fourth-order valence-corrected chi connectivity index (χ4v) is 0.815. The first-order valence-corrected chi connectivity index (χ1v) is 2.77. The van der Waals surface area contributed by atoms with Crippen LogP contribution in [-0.2, 0) is 0 Å². The summed E-state index contributed by atoms with van der Waals surface area (Å²) >= 11 is 1.42. The van der Waals surface area contributed by atoms with E-state index in [2.05, 4.69) is 9.69 Å². The maximum atomic E-state index is 3.91. The minimum absolute atomic E-state index is 0.824. The van der Waals surface area contributed by atoms with Crippen LogP contribution in [0.4, 0.5) is 5.82 Å². The molecule has 37 valence electrons. The summed E-state index contributed by atoms with van der Waals surface area (Å²) in [5.41, 5.74) is 0. The van der Waals surface area contributed by atoms with Crippen LogP contribution in [0.2, 0.25) is 0 Å². The predicted molar refractivity (Wildman–Crippen MR) is 29.8 cm³/mol. The maximum absolute atomic E-state index is 3.91. The molecule has 0 aliphatic carbocycles. The topological polar surface area (TPSA) is 27.0 Å². The van der Waals surface area contributed by atoms with E-state index < -0.39 is 0 Å². The molecule has 0 bridgehead atoms. The Hall–Kier alpha value is -0.570. The zero-order valence-electron chi connectivity index (χ0n) is 3.96. The van der Waals surface area contributed by atoms with Crippen molar-refractivity contribution in [2.75, 3.05) is 7.05 Å². The van der Waals surface area contributed by atoms with Crippen LogP contribution in [-0.4, -0.2) is 11.4 Å². The van der Waals surface area contributed by atoms with Crippen LogP contribution < -0.4 is 5.32 Å². The highest BCUT2D eigenvalue weighted by Gasteiger charge is 1.84. The second-order valence-corrected chi connectivity index (χ2v) is 1.75. The van der Waals surface area contributed by atoms with E-state index in [-0.39, 0.29) is 0 Å². The van der Waals surface area contributed by atoms with Crippen molar-refractivity contribution >= 4 is 17.4 Å². The van der Waals surface area contributed by atoms with Gasteiger partial charge in [0.2, 0.25) is 0 Å². The average molecular weight is 113 g/mol. The lowest BCUT2D eigenvalue weighted by Gasteiger charge is -1.79. The average Bonchev–Trinajstić information content (AvgIpc) is 2.14. The summed E-state index contributed by atoms with van der Waals surface area (Å²) in [5, 5.41) is 5.73. The van der Waals surface area contributed by atoms with Gasteiger partial charge in [0.25, 0.3) is 0 Å². The van der Waals surface area contributed by atoms with Crippen LogP contribution in [0, 0.1) is 0 Å². The molecule has 1 rings (SSSR count). The molecule has 0 unspecified atom stereocenters. The van der Waals surface area contributed by atoms with E-state index in [4.69, 9.17) is 0 Å². The van der Waals surface area contributed by atoms with Crippen molar-refractivity contribution in [2.45, 2.75) is 0 Å². The van der Waals surface area contributed by atoms with Gasteiger partial charge in [0, 0.05) is 12.4 Å². The second-order valence-electron chi connectivity index (χ2n) is 1.08. The number of rotatable bonds is 1. The summed E-state index contributed by atoms with van der Waals surface area (Å²) in [6.45, 7) is 0. The Kier molecular flexibility index (Phi) is 1.26. The SMILES string of the molecule is C[N]c1ccsn1. The Balaban J connectivity index is 2.76. The second kappa shape index (κ2) is 1.93. The van der Waals surface area contributed by atoms with Crippen molar-refractivity contribution < 1.29 is 0 Å². The van der Waals surface area contributed by atoms with Crippen LogP contribution in [0.25, 0.3) is 0 Å². The van der Waals surface area contributed by atoms with Gasteiger partial charge in [-0.25, -0.2) is 0 Å². The van der Waals surface area contributed by atoms with E-state index in [9.17, 15) is 0 Å². The first kappa shape index (κ1) is 4.59. The monoisotopic (exact) mass is 113 g/mol. The Morgan fingerprint density at radius 1 is 1.86 bits per heavy atom. The van der Waals surface area contributed by atoms with Crippen molar-refractivity contribution in [3.8, 4) is 0 Å². The largest absolute Gasteiger partial charge is 0.269 e. The van der Waals surface area contributed by atoms with Gasteiger partial charge in [0.05, 0.1) is 0 Å². The van der Waals surface area contributed by atoms with Gasteiger partial charge in [-0.2, -0.15) is 4.37 Å². The van der Waals surface area contributed by atoms with Crippen molar-refractivity contribution in [3.63, 3.8) is 0 Å². The van der Waals surface area contributed by atoms with Gasteiger partial charge in [-0.15, -0.1) is 0 Å². The van der Waals surface area contributed by atoms with E-state index in [1.54, 1.807) is 7.05 Å². The van der Waals surface area contributed by atoms with Crippen molar-refractivity contribution in [1.29, 1.82) is 0 Å². The Bertz CT molecular complexity index is 124. The fourth-order valence-electron chi connectivity index (χ4n) is 0.322. The van der Waals surface area contributed by atoms with Gasteiger partial charge >= 0.3 is 0 Å². The molecule has 0 aromatic carbocycles. The van der Waals surface area contributed by atoms with E-state index in [1.807, 2.05) is 11.4 Å². The molecule has 0 N–H and O–H groups in total. The molecule has 0 saturated heterocycles. The molecule has 1 aromatic heterocycles. The van der Waals surface area contributed by atoms with Crippen molar-refractivity contribution in [1.82, 2.24) is 9.69 Å². The Labute approximate surface area is 46.3 Å². The van der Waals surface area contributed by atoms with Gasteiger partial charge in [-0.3, -0.25) is 5.32 Å². The lowest BCUT2D eigenvalue weighted by Crippen LogP contribution is -1.82.